The lowest BCUT2D eigenvalue weighted by atomic mass is 10.2. The van der Waals surface area contributed by atoms with Crippen LogP contribution >= 0.6 is 11.3 Å². The number of thiazole rings is 1. The smallest absolute Gasteiger partial charge is 0.273 e. The van der Waals surface area contributed by atoms with Crippen molar-refractivity contribution in [3.05, 3.63) is 35.3 Å². The largest absolute Gasteiger partial charge is 0.497 e. The Morgan fingerprint density at radius 2 is 2.05 bits per heavy atom. The first kappa shape index (κ1) is 15.5. The van der Waals surface area contributed by atoms with Gasteiger partial charge >= 0.3 is 0 Å². The van der Waals surface area contributed by atoms with Gasteiger partial charge in [-0.2, -0.15) is 0 Å². The summed E-state index contributed by atoms with van der Waals surface area (Å²) >= 11 is 1.49. The van der Waals surface area contributed by atoms with Crippen molar-refractivity contribution in [3.63, 3.8) is 0 Å². The molecule has 1 amide bonds. The maximum absolute atomic E-state index is 12.2. The van der Waals surface area contributed by atoms with Crippen LogP contribution < -0.4 is 4.74 Å². The van der Waals surface area contributed by atoms with Crippen LogP contribution in [0.15, 0.2) is 29.6 Å². The molecule has 2 rings (SSSR count). The molecular formula is C16H20N2O2S. The number of hydrogen-bond donors (Lipinski definition) is 0. The predicted octanol–water partition coefficient (Wildman–Crippen LogP) is 3.69. The topological polar surface area (TPSA) is 42.4 Å². The van der Waals surface area contributed by atoms with Crippen LogP contribution in [0.1, 0.15) is 30.3 Å². The molecule has 0 aliphatic heterocycles. The molecule has 112 valence electrons. The molecule has 1 aromatic heterocycles. The standard InChI is InChI=1S/C16H20N2O2S/c1-4-5-10-18(2)16(19)14-11-21-15(17-14)12-6-8-13(20-3)9-7-12/h6-9,11H,4-5,10H2,1-3H3. The van der Waals surface area contributed by atoms with Crippen molar-refractivity contribution in [1.82, 2.24) is 9.88 Å². The SMILES string of the molecule is CCCCN(C)C(=O)c1csc(-c2ccc(OC)cc2)n1. The zero-order valence-corrected chi connectivity index (χ0v) is 13.4. The third kappa shape index (κ3) is 3.82. The summed E-state index contributed by atoms with van der Waals surface area (Å²) in [6, 6.07) is 7.69. The summed E-state index contributed by atoms with van der Waals surface area (Å²) in [4.78, 5) is 18.4. The average molecular weight is 304 g/mol. The minimum Gasteiger partial charge on any atom is -0.497 e. The summed E-state index contributed by atoms with van der Waals surface area (Å²) in [5.41, 5.74) is 1.51. The van der Waals surface area contributed by atoms with Crippen LogP contribution in [0.2, 0.25) is 0 Å². The predicted molar refractivity (Wildman–Crippen MR) is 86.0 cm³/mol. The molecule has 5 heteroatoms. The molecule has 1 aromatic carbocycles. The second-order valence-electron chi connectivity index (χ2n) is 4.85. The van der Waals surface area contributed by atoms with Crippen LogP contribution in [0.3, 0.4) is 0 Å². The number of aromatic nitrogens is 1. The fourth-order valence-electron chi connectivity index (χ4n) is 1.93. The lowest BCUT2D eigenvalue weighted by Gasteiger charge is -2.14. The highest BCUT2D eigenvalue weighted by Gasteiger charge is 2.15. The van der Waals surface area contributed by atoms with E-state index in [4.69, 9.17) is 4.74 Å². The van der Waals surface area contributed by atoms with Gasteiger partial charge in [-0.05, 0) is 30.7 Å². The number of rotatable bonds is 6. The van der Waals surface area contributed by atoms with E-state index in [1.807, 2.05) is 36.7 Å². The van der Waals surface area contributed by atoms with E-state index in [0.717, 1.165) is 35.7 Å². The zero-order valence-electron chi connectivity index (χ0n) is 12.6. The van der Waals surface area contributed by atoms with Gasteiger partial charge in [-0.15, -0.1) is 11.3 Å². The number of benzene rings is 1. The van der Waals surface area contributed by atoms with E-state index >= 15 is 0 Å². The van der Waals surface area contributed by atoms with E-state index in [1.54, 1.807) is 12.0 Å². The van der Waals surface area contributed by atoms with Crippen LogP contribution in [0.4, 0.5) is 0 Å². The van der Waals surface area contributed by atoms with E-state index in [9.17, 15) is 4.79 Å². The number of unbranched alkanes of at least 4 members (excludes halogenated alkanes) is 1. The quantitative estimate of drug-likeness (QED) is 0.817. The second-order valence-corrected chi connectivity index (χ2v) is 5.70. The van der Waals surface area contributed by atoms with E-state index < -0.39 is 0 Å². The Morgan fingerprint density at radius 3 is 2.67 bits per heavy atom. The molecule has 0 aliphatic rings. The van der Waals surface area contributed by atoms with Gasteiger partial charge in [0.2, 0.25) is 0 Å². The van der Waals surface area contributed by atoms with Gasteiger partial charge < -0.3 is 9.64 Å². The normalized spacial score (nSPS) is 10.4. The van der Waals surface area contributed by atoms with Crippen LogP contribution in [0.5, 0.6) is 5.75 Å². The molecule has 0 N–H and O–H groups in total. The van der Waals surface area contributed by atoms with Crippen molar-refractivity contribution in [2.24, 2.45) is 0 Å². The number of nitrogens with zero attached hydrogens (tertiary/aromatic N) is 2. The van der Waals surface area contributed by atoms with Gasteiger partial charge in [-0.3, -0.25) is 4.79 Å². The van der Waals surface area contributed by atoms with Crippen molar-refractivity contribution >= 4 is 17.2 Å². The van der Waals surface area contributed by atoms with E-state index in [1.165, 1.54) is 11.3 Å². The van der Waals surface area contributed by atoms with Gasteiger partial charge in [0, 0.05) is 24.5 Å². The maximum Gasteiger partial charge on any atom is 0.273 e. The number of carbonyl (C=O) groups is 1. The summed E-state index contributed by atoms with van der Waals surface area (Å²) in [5.74, 6) is 0.797. The summed E-state index contributed by atoms with van der Waals surface area (Å²) in [7, 11) is 3.46. The molecule has 1 heterocycles. The number of ether oxygens (including phenoxy) is 1. The number of hydrogen-bond acceptors (Lipinski definition) is 4. The van der Waals surface area contributed by atoms with Gasteiger partial charge in [0.1, 0.15) is 16.5 Å². The van der Waals surface area contributed by atoms with Crippen molar-refractivity contribution in [2.45, 2.75) is 19.8 Å². The van der Waals surface area contributed by atoms with Crippen LogP contribution in [0, 0.1) is 0 Å². The molecule has 0 fully saturated rings. The van der Waals surface area contributed by atoms with Gasteiger partial charge in [-0.1, -0.05) is 13.3 Å². The lowest BCUT2D eigenvalue weighted by molar-refractivity contribution is 0.0788. The maximum atomic E-state index is 12.2. The molecule has 0 saturated heterocycles. The monoisotopic (exact) mass is 304 g/mol. The summed E-state index contributed by atoms with van der Waals surface area (Å²) in [6.07, 6.45) is 2.09. The average Bonchev–Trinajstić information content (AvgIpc) is 3.01. The Kier molecular flexibility index (Phi) is 5.33. The van der Waals surface area contributed by atoms with E-state index in [2.05, 4.69) is 11.9 Å². The van der Waals surface area contributed by atoms with Crippen molar-refractivity contribution < 1.29 is 9.53 Å². The Balaban J connectivity index is 2.11. The molecule has 2 aromatic rings. The van der Waals surface area contributed by atoms with Crippen molar-refractivity contribution in [1.29, 1.82) is 0 Å². The first-order valence-electron chi connectivity index (χ1n) is 7.01. The first-order valence-corrected chi connectivity index (χ1v) is 7.89. The Labute approximate surface area is 129 Å². The molecular weight excluding hydrogens is 284 g/mol. The molecule has 0 spiro atoms. The molecule has 0 unspecified atom stereocenters. The minimum atomic E-state index is -0.0144. The molecule has 0 bridgehead atoms. The molecule has 4 nitrogen and oxygen atoms in total. The molecule has 0 atom stereocenters. The zero-order chi connectivity index (χ0) is 15.2. The van der Waals surface area contributed by atoms with Gasteiger partial charge in [0.15, 0.2) is 0 Å². The highest BCUT2D eigenvalue weighted by molar-refractivity contribution is 7.13. The van der Waals surface area contributed by atoms with Crippen molar-refractivity contribution in [2.75, 3.05) is 20.7 Å². The first-order chi connectivity index (χ1) is 10.2. The number of amides is 1. The number of methoxy groups -OCH3 is 1. The highest BCUT2D eigenvalue weighted by Crippen LogP contribution is 2.26. The Hall–Kier alpha value is -1.88. The van der Waals surface area contributed by atoms with Gasteiger partial charge in [0.25, 0.3) is 5.91 Å². The Bertz CT molecular complexity index is 593. The minimum absolute atomic E-state index is 0.0144. The fraction of sp³-hybridized carbons (Fsp3) is 0.375. The summed E-state index contributed by atoms with van der Waals surface area (Å²) in [5, 5.41) is 2.68. The van der Waals surface area contributed by atoms with Crippen LogP contribution in [0.25, 0.3) is 10.6 Å². The second kappa shape index (κ2) is 7.22. The summed E-state index contributed by atoms with van der Waals surface area (Å²) < 4.78 is 5.14. The van der Waals surface area contributed by atoms with Crippen LogP contribution in [-0.2, 0) is 0 Å². The van der Waals surface area contributed by atoms with Crippen LogP contribution in [-0.4, -0.2) is 36.5 Å². The lowest BCUT2D eigenvalue weighted by Crippen LogP contribution is -2.27. The third-order valence-corrected chi connectivity index (χ3v) is 4.15. The molecule has 0 saturated carbocycles. The van der Waals surface area contributed by atoms with E-state index in [0.29, 0.717) is 5.69 Å². The fourth-order valence-corrected chi connectivity index (χ4v) is 2.73. The van der Waals surface area contributed by atoms with Gasteiger partial charge in [0.05, 0.1) is 7.11 Å². The Morgan fingerprint density at radius 1 is 1.33 bits per heavy atom. The molecule has 0 radical (unpaired) electrons. The number of carbonyl (C=O) groups excluding carboxylic acids is 1. The van der Waals surface area contributed by atoms with Gasteiger partial charge in [-0.25, -0.2) is 4.98 Å². The van der Waals surface area contributed by atoms with Crippen molar-refractivity contribution in [3.8, 4) is 16.3 Å². The molecule has 0 aliphatic carbocycles. The molecule has 21 heavy (non-hydrogen) atoms. The third-order valence-electron chi connectivity index (χ3n) is 3.25. The summed E-state index contributed by atoms with van der Waals surface area (Å²) in [6.45, 7) is 2.88. The van der Waals surface area contributed by atoms with E-state index in [-0.39, 0.29) is 5.91 Å². The highest BCUT2D eigenvalue weighted by atomic mass is 32.1.